The van der Waals surface area contributed by atoms with Crippen molar-refractivity contribution < 1.29 is 0 Å². The summed E-state index contributed by atoms with van der Waals surface area (Å²) >= 11 is 0. The maximum atomic E-state index is 5.73. The first-order valence-corrected chi connectivity index (χ1v) is 7.39. The van der Waals surface area contributed by atoms with Crippen LogP contribution in [0.25, 0.3) is 4.85 Å². The van der Waals surface area contributed by atoms with Gasteiger partial charge in [-0.15, -0.1) is 0 Å². The number of hydrogen-bond acceptors (Lipinski definition) is 0. The number of benzene rings is 1. The first-order chi connectivity index (χ1) is 8.78. The van der Waals surface area contributed by atoms with E-state index in [4.69, 9.17) is 6.57 Å². The van der Waals surface area contributed by atoms with Crippen molar-refractivity contribution in [2.24, 2.45) is 0 Å². The summed E-state index contributed by atoms with van der Waals surface area (Å²) in [5.41, 5.74) is 4.94. The Morgan fingerprint density at radius 1 is 0.700 bits per heavy atom. The molecule has 0 radical (unpaired) electrons. The Balaban J connectivity index is 3.81. The fraction of sp³-hybridized carbons (Fsp3) is 0.632. The maximum absolute atomic E-state index is 5.73. The highest BCUT2D eigenvalue weighted by Crippen LogP contribution is 2.42. The topological polar surface area (TPSA) is 4.36 Å². The molecule has 0 saturated heterocycles. The second kappa shape index (κ2) is 4.92. The normalized spacial score (nSPS) is 13.2. The second-order valence-electron chi connectivity index (χ2n) is 8.80. The van der Waals surface area contributed by atoms with Gasteiger partial charge in [0.2, 0.25) is 0 Å². The van der Waals surface area contributed by atoms with Gasteiger partial charge in [-0.3, -0.25) is 0 Å². The van der Waals surface area contributed by atoms with Crippen molar-refractivity contribution >= 4 is 5.69 Å². The van der Waals surface area contributed by atoms with Crippen LogP contribution in [-0.4, -0.2) is 0 Å². The molecule has 110 valence electrons. The third kappa shape index (κ3) is 3.42. The van der Waals surface area contributed by atoms with Crippen LogP contribution in [0.3, 0.4) is 0 Å². The van der Waals surface area contributed by atoms with Crippen molar-refractivity contribution in [3.8, 4) is 6.57 Å². The summed E-state index contributed by atoms with van der Waals surface area (Å²) in [7, 11) is 0. The molecule has 1 aromatic rings. The molecule has 0 saturated carbocycles. The molecule has 0 fully saturated rings. The van der Waals surface area contributed by atoms with E-state index in [2.05, 4.69) is 79.3 Å². The monoisotopic (exact) mass is 272 g/mol. The molecule has 0 amide bonds. The van der Waals surface area contributed by atoms with Crippen molar-refractivity contribution in [1.29, 1.82) is 0 Å². The molecular formula is C19H30N+. The van der Waals surface area contributed by atoms with Gasteiger partial charge in [0.05, 0.1) is 0 Å². The summed E-state index contributed by atoms with van der Waals surface area (Å²) < 4.78 is 0. The number of nitrogens with zero attached hydrogens (tertiary/aromatic N) is 1. The summed E-state index contributed by atoms with van der Waals surface area (Å²) in [4.78, 5) is 4.13. The van der Waals surface area contributed by atoms with Gasteiger partial charge in [0, 0.05) is 11.1 Å². The van der Waals surface area contributed by atoms with E-state index in [0.29, 0.717) is 0 Å². The third-order valence-electron chi connectivity index (χ3n) is 3.72. The van der Waals surface area contributed by atoms with Crippen LogP contribution in [0.5, 0.6) is 0 Å². The molecule has 1 heteroatoms. The Morgan fingerprint density at radius 3 is 1.25 bits per heavy atom. The zero-order valence-electron chi connectivity index (χ0n) is 14.7. The van der Waals surface area contributed by atoms with E-state index in [1.54, 1.807) is 0 Å². The maximum Gasteiger partial charge on any atom is 0.347 e. The van der Waals surface area contributed by atoms with Gasteiger partial charge in [0.25, 0.3) is 6.57 Å². The van der Waals surface area contributed by atoms with Crippen LogP contribution in [0.15, 0.2) is 12.1 Å². The predicted octanol–water partition coefficient (Wildman–Crippen LogP) is 6.17. The van der Waals surface area contributed by atoms with E-state index in [-0.39, 0.29) is 16.2 Å². The van der Waals surface area contributed by atoms with Crippen molar-refractivity contribution in [2.45, 2.75) is 78.6 Å². The molecule has 1 rings (SSSR count). The molecule has 0 aliphatic heterocycles. The summed E-state index contributed by atoms with van der Waals surface area (Å²) in [5.74, 6) is 0. The molecule has 0 aliphatic rings. The zero-order valence-corrected chi connectivity index (χ0v) is 14.7. The van der Waals surface area contributed by atoms with E-state index >= 15 is 0 Å². The van der Waals surface area contributed by atoms with Crippen LogP contribution >= 0.6 is 0 Å². The number of rotatable bonds is 0. The Labute approximate surface area is 125 Å². The molecule has 0 N–H and O–H groups in total. The van der Waals surface area contributed by atoms with Gasteiger partial charge in [-0.1, -0.05) is 62.3 Å². The van der Waals surface area contributed by atoms with Crippen LogP contribution in [0.1, 0.15) is 79.0 Å². The van der Waals surface area contributed by atoms with E-state index < -0.39 is 0 Å². The van der Waals surface area contributed by atoms with Gasteiger partial charge in [-0.25, -0.2) is 0 Å². The van der Waals surface area contributed by atoms with Gasteiger partial charge >= 0.3 is 5.69 Å². The van der Waals surface area contributed by atoms with Crippen molar-refractivity contribution in [1.82, 2.24) is 0 Å². The number of hydrogen-bond donors (Lipinski definition) is 0. The highest BCUT2D eigenvalue weighted by molar-refractivity contribution is 5.65. The van der Waals surface area contributed by atoms with E-state index in [1.807, 2.05) is 0 Å². The lowest BCUT2D eigenvalue weighted by Crippen LogP contribution is -2.21. The molecule has 1 aromatic carbocycles. The highest BCUT2D eigenvalue weighted by atomic mass is 14.7. The molecule has 20 heavy (non-hydrogen) atoms. The minimum atomic E-state index is 0.0272. The van der Waals surface area contributed by atoms with Crippen molar-refractivity contribution in [3.05, 3.63) is 33.7 Å². The minimum Gasteiger partial charge on any atom is -0.0561 e. The van der Waals surface area contributed by atoms with Gasteiger partial charge in [-0.05, 0) is 38.8 Å². The predicted molar refractivity (Wildman–Crippen MR) is 90.5 cm³/mol. The van der Waals surface area contributed by atoms with Gasteiger partial charge in [0.1, 0.15) is 0 Å². The van der Waals surface area contributed by atoms with E-state index in [9.17, 15) is 0 Å². The van der Waals surface area contributed by atoms with Crippen LogP contribution < -0.4 is 0 Å². The lowest BCUT2D eigenvalue weighted by atomic mass is 9.74. The lowest BCUT2D eigenvalue weighted by Gasteiger charge is -2.28. The second-order valence-corrected chi connectivity index (χ2v) is 8.80. The average Bonchev–Trinajstić information content (AvgIpc) is 2.23. The van der Waals surface area contributed by atoms with E-state index in [1.165, 1.54) is 16.7 Å². The summed E-state index contributed by atoms with van der Waals surface area (Å²) in [6, 6.07) is 4.56. The standard InChI is InChI=1S/C19H30N/c1-17(2,3)13-11-14(18(4,5)6)16(20-10)15(12-13)19(7,8)9/h10-12H,1-9H3/q+1. The van der Waals surface area contributed by atoms with Crippen LogP contribution in [-0.2, 0) is 16.2 Å². The zero-order chi connectivity index (χ0) is 15.9. The third-order valence-corrected chi connectivity index (χ3v) is 3.72. The fourth-order valence-corrected chi connectivity index (χ4v) is 2.35. The summed E-state index contributed by atoms with van der Waals surface area (Å²) in [5, 5.41) is 0. The Kier molecular flexibility index (Phi) is 4.12. The molecule has 0 atom stereocenters. The quantitative estimate of drug-likeness (QED) is 0.531. The van der Waals surface area contributed by atoms with Gasteiger partial charge in [-0.2, -0.15) is 0 Å². The first kappa shape index (κ1) is 16.8. The lowest BCUT2D eigenvalue weighted by molar-refractivity contribution is 0.552. The van der Waals surface area contributed by atoms with Crippen LogP contribution in [0, 0.1) is 6.57 Å². The molecule has 0 unspecified atom stereocenters. The largest absolute Gasteiger partial charge is 0.347 e. The molecule has 0 aliphatic carbocycles. The van der Waals surface area contributed by atoms with Crippen molar-refractivity contribution in [3.63, 3.8) is 0 Å². The molecule has 0 aromatic heterocycles. The smallest absolute Gasteiger partial charge is 0.0561 e. The summed E-state index contributed by atoms with van der Waals surface area (Å²) in [6.07, 6.45) is 0. The Hall–Kier alpha value is -1.29. The van der Waals surface area contributed by atoms with Crippen molar-refractivity contribution in [2.75, 3.05) is 0 Å². The SMILES string of the molecule is C#[N+]c1c(C(C)(C)C)cc(C(C)(C)C)cc1C(C)(C)C. The first-order valence-electron chi connectivity index (χ1n) is 7.39. The Bertz CT molecular complexity index is 502. The molecular weight excluding hydrogens is 242 g/mol. The van der Waals surface area contributed by atoms with Gasteiger partial charge < -0.3 is 0 Å². The average molecular weight is 272 g/mol. The minimum absolute atomic E-state index is 0.0272. The molecule has 0 spiro atoms. The van der Waals surface area contributed by atoms with E-state index in [0.717, 1.165) is 5.69 Å². The fourth-order valence-electron chi connectivity index (χ4n) is 2.35. The van der Waals surface area contributed by atoms with Crippen LogP contribution in [0.2, 0.25) is 0 Å². The Morgan fingerprint density at radius 2 is 1.05 bits per heavy atom. The molecule has 0 heterocycles. The molecule has 1 nitrogen and oxygen atoms in total. The molecule has 0 bridgehead atoms. The van der Waals surface area contributed by atoms with Crippen LogP contribution in [0.4, 0.5) is 5.69 Å². The highest BCUT2D eigenvalue weighted by Gasteiger charge is 2.34. The van der Waals surface area contributed by atoms with Gasteiger partial charge in [0.15, 0.2) is 0 Å². The summed E-state index contributed by atoms with van der Waals surface area (Å²) in [6.45, 7) is 25.8.